The van der Waals surface area contributed by atoms with E-state index in [9.17, 15) is 9.90 Å². The smallest absolute Gasteiger partial charge is 0.254 e. The second-order valence-electron chi connectivity index (χ2n) is 7.11. The Balaban J connectivity index is 1.85. The van der Waals surface area contributed by atoms with Crippen LogP contribution in [-0.2, 0) is 0 Å². The monoisotopic (exact) mass is 400 g/mol. The molecule has 1 aromatic heterocycles. The topological polar surface area (TPSA) is 62.7 Å². The van der Waals surface area contributed by atoms with Crippen molar-refractivity contribution >= 4 is 27.6 Å². The van der Waals surface area contributed by atoms with Crippen LogP contribution in [0.15, 0.2) is 66.7 Å². The summed E-state index contributed by atoms with van der Waals surface area (Å²) in [6, 6.07) is 21.6. The lowest BCUT2D eigenvalue weighted by molar-refractivity contribution is 0.0734. The van der Waals surface area contributed by atoms with Crippen LogP contribution in [0.4, 0.5) is 0 Å². The second-order valence-corrected chi connectivity index (χ2v) is 7.11. The lowest BCUT2D eigenvalue weighted by Crippen LogP contribution is -2.33. The molecule has 1 heterocycles. The molecule has 5 heteroatoms. The molecule has 0 aliphatic rings. The highest BCUT2D eigenvalue weighted by molar-refractivity contribution is 6.07. The first-order chi connectivity index (χ1) is 14.6. The van der Waals surface area contributed by atoms with Gasteiger partial charge in [0, 0.05) is 24.0 Å². The molecule has 0 fully saturated rings. The molecular weight excluding hydrogens is 376 g/mol. The molecule has 0 bridgehead atoms. The molecule has 30 heavy (non-hydrogen) atoms. The van der Waals surface area contributed by atoms with E-state index in [0.29, 0.717) is 18.7 Å². The molecule has 0 saturated heterocycles. The summed E-state index contributed by atoms with van der Waals surface area (Å²) in [7, 11) is 1.66. The minimum Gasteiger partial charge on any atom is -0.497 e. The first-order valence-electron chi connectivity index (χ1n) is 10.0. The van der Waals surface area contributed by atoms with Gasteiger partial charge in [-0.2, -0.15) is 0 Å². The molecule has 4 rings (SSSR count). The average Bonchev–Trinajstić information content (AvgIpc) is 2.80. The van der Waals surface area contributed by atoms with E-state index in [4.69, 9.17) is 9.72 Å². The van der Waals surface area contributed by atoms with Crippen LogP contribution in [0.3, 0.4) is 0 Å². The van der Waals surface area contributed by atoms with Crippen molar-refractivity contribution in [3.63, 3.8) is 0 Å². The van der Waals surface area contributed by atoms with Crippen LogP contribution >= 0.6 is 0 Å². The van der Waals surface area contributed by atoms with Gasteiger partial charge in [0.25, 0.3) is 5.91 Å². The number of rotatable bonds is 6. The van der Waals surface area contributed by atoms with Gasteiger partial charge in [-0.1, -0.05) is 36.4 Å². The third-order valence-corrected chi connectivity index (χ3v) is 5.33. The van der Waals surface area contributed by atoms with Gasteiger partial charge in [0.2, 0.25) is 0 Å². The lowest BCUT2D eigenvalue weighted by Gasteiger charge is -2.21. The van der Waals surface area contributed by atoms with E-state index in [1.165, 1.54) is 0 Å². The number of aliphatic hydroxyl groups excluding tert-OH is 1. The number of carbonyl (C=O) groups is 1. The number of nitrogens with zero attached hydrogens (tertiary/aromatic N) is 2. The Morgan fingerprint density at radius 2 is 1.80 bits per heavy atom. The van der Waals surface area contributed by atoms with E-state index in [1.54, 1.807) is 12.0 Å². The number of pyridine rings is 1. The van der Waals surface area contributed by atoms with E-state index in [1.807, 2.05) is 67.6 Å². The summed E-state index contributed by atoms with van der Waals surface area (Å²) >= 11 is 0. The normalized spacial score (nSPS) is 11.0. The molecule has 4 aromatic rings. The van der Waals surface area contributed by atoms with Crippen LogP contribution in [0.1, 0.15) is 17.3 Å². The highest BCUT2D eigenvalue weighted by Crippen LogP contribution is 2.29. The maximum Gasteiger partial charge on any atom is 0.254 e. The summed E-state index contributed by atoms with van der Waals surface area (Å²) in [6.45, 7) is 2.68. The molecule has 152 valence electrons. The number of amides is 1. The molecule has 0 radical (unpaired) electrons. The van der Waals surface area contributed by atoms with Crippen LogP contribution in [0.2, 0.25) is 0 Å². The molecule has 0 spiro atoms. The van der Waals surface area contributed by atoms with Gasteiger partial charge in [0.05, 0.1) is 30.5 Å². The summed E-state index contributed by atoms with van der Waals surface area (Å²) in [5.41, 5.74) is 3.06. The molecule has 0 aliphatic carbocycles. The average molecular weight is 400 g/mol. The Morgan fingerprint density at radius 1 is 1.03 bits per heavy atom. The van der Waals surface area contributed by atoms with Gasteiger partial charge in [-0.05, 0) is 48.0 Å². The Kier molecular flexibility index (Phi) is 5.63. The van der Waals surface area contributed by atoms with E-state index >= 15 is 0 Å². The number of ether oxygens (including phenoxy) is 1. The van der Waals surface area contributed by atoms with Gasteiger partial charge in [-0.25, -0.2) is 4.98 Å². The quantitative estimate of drug-likeness (QED) is 0.517. The van der Waals surface area contributed by atoms with Gasteiger partial charge in [-0.15, -0.1) is 0 Å². The number of hydrogen-bond acceptors (Lipinski definition) is 4. The zero-order valence-corrected chi connectivity index (χ0v) is 17.1. The number of aromatic nitrogens is 1. The number of methoxy groups -OCH3 is 1. The van der Waals surface area contributed by atoms with Crippen molar-refractivity contribution in [2.45, 2.75) is 6.92 Å². The predicted molar refractivity (Wildman–Crippen MR) is 120 cm³/mol. The first kappa shape index (κ1) is 19.9. The van der Waals surface area contributed by atoms with Crippen molar-refractivity contribution in [1.29, 1.82) is 0 Å². The summed E-state index contributed by atoms with van der Waals surface area (Å²) in [6.07, 6.45) is 0. The van der Waals surface area contributed by atoms with E-state index in [-0.39, 0.29) is 12.5 Å². The van der Waals surface area contributed by atoms with Crippen LogP contribution in [0.25, 0.3) is 32.9 Å². The van der Waals surface area contributed by atoms with E-state index < -0.39 is 0 Å². The standard InChI is InChI=1S/C25H24N2O3/c1-3-27(12-13-28)25(29)22-16-24(26-23-7-5-4-6-21(22)23)19-9-8-18-15-20(30-2)11-10-17(18)14-19/h4-11,14-16,28H,3,12-13H2,1-2H3. The zero-order valence-electron chi connectivity index (χ0n) is 17.1. The Labute approximate surface area is 175 Å². The number of hydrogen-bond donors (Lipinski definition) is 1. The summed E-state index contributed by atoms with van der Waals surface area (Å²) in [5.74, 6) is 0.715. The Morgan fingerprint density at radius 3 is 2.57 bits per heavy atom. The summed E-state index contributed by atoms with van der Waals surface area (Å²) in [5, 5.41) is 12.3. The Bertz CT molecular complexity index is 1220. The van der Waals surface area contributed by atoms with Gasteiger partial charge < -0.3 is 14.7 Å². The van der Waals surface area contributed by atoms with Crippen molar-refractivity contribution in [3.8, 4) is 17.0 Å². The molecule has 0 unspecified atom stereocenters. The predicted octanol–water partition coefficient (Wildman–Crippen LogP) is 4.52. The molecule has 3 aromatic carbocycles. The third kappa shape index (κ3) is 3.72. The molecule has 0 saturated carbocycles. The highest BCUT2D eigenvalue weighted by Gasteiger charge is 2.18. The van der Waals surface area contributed by atoms with Gasteiger partial charge >= 0.3 is 0 Å². The zero-order chi connectivity index (χ0) is 21.1. The number of likely N-dealkylation sites (N-methyl/N-ethyl adjacent to an activating group) is 1. The molecule has 1 amide bonds. The van der Waals surface area contributed by atoms with Crippen LogP contribution in [0, 0.1) is 0 Å². The van der Waals surface area contributed by atoms with Crippen molar-refractivity contribution in [1.82, 2.24) is 9.88 Å². The van der Waals surface area contributed by atoms with E-state index in [2.05, 4.69) is 6.07 Å². The number of fused-ring (bicyclic) bond motifs is 2. The van der Waals surface area contributed by atoms with Crippen LogP contribution in [-0.4, -0.2) is 47.7 Å². The minimum absolute atomic E-state index is 0.0659. The van der Waals surface area contributed by atoms with Crippen molar-refractivity contribution in [2.75, 3.05) is 26.8 Å². The molecule has 5 nitrogen and oxygen atoms in total. The fourth-order valence-corrected chi connectivity index (χ4v) is 3.70. The van der Waals surface area contributed by atoms with E-state index in [0.717, 1.165) is 38.7 Å². The largest absolute Gasteiger partial charge is 0.497 e. The minimum atomic E-state index is -0.100. The Hall–Kier alpha value is -3.44. The third-order valence-electron chi connectivity index (χ3n) is 5.33. The second kappa shape index (κ2) is 8.51. The lowest BCUT2D eigenvalue weighted by atomic mass is 10.0. The number of carbonyl (C=O) groups excluding carboxylic acids is 1. The maximum absolute atomic E-state index is 13.2. The maximum atomic E-state index is 13.2. The summed E-state index contributed by atoms with van der Waals surface area (Å²) < 4.78 is 5.31. The van der Waals surface area contributed by atoms with Gasteiger partial charge in [0.15, 0.2) is 0 Å². The fraction of sp³-hybridized carbons (Fsp3) is 0.200. The van der Waals surface area contributed by atoms with Gasteiger partial charge in [0.1, 0.15) is 5.75 Å². The number of aliphatic hydroxyl groups is 1. The first-order valence-corrected chi connectivity index (χ1v) is 10.0. The molecule has 0 aliphatic heterocycles. The van der Waals surface area contributed by atoms with Crippen LogP contribution < -0.4 is 4.74 Å². The van der Waals surface area contributed by atoms with Crippen molar-refractivity contribution in [2.24, 2.45) is 0 Å². The van der Waals surface area contributed by atoms with Crippen molar-refractivity contribution < 1.29 is 14.6 Å². The summed E-state index contributed by atoms with van der Waals surface area (Å²) in [4.78, 5) is 19.7. The fourth-order valence-electron chi connectivity index (χ4n) is 3.70. The number of benzene rings is 3. The molecule has 0 atom stereocenters. The SMILES string of the molecule is CCN(CCO)C(=O)c1cc(-c2ccc3cc(OC)ccc3c2)nc2ccccc12. The number of para-hydroxylation sites is 1. The van der Waals surface area contributed by atoms with Crippen LogP contribution in [0.5, 0.6) is 5.75 Å². The van der Waals surface area contributed by atoms with Gasteiger partial charge in [-0.3, -0.25) is 4.79 Å². The highest BCUT2D eigenvalue weighted by atomic mass is 16.5. The molecular formula is C25H24N2O3. The molecule has 1 N–H and O–H groups in total. The van der Waals surface area contributed by atoms with Crippen molar-refractivity contribution in [3.05, 3.63) is 72.3 Å².